The van der Waals surface area contributed by atoms with Crippen LogP contribution in [0.4, 0.5) is 5.82 Å². The molecular formula is C15H18N4OS. The lowest BCUT2D eigenvalue weighted by Crippen LogP contribution is -2.22. The molecule has 0 bridgehead atoms. The Kier molecular flexibility index (Phi) is 5.45. The molecule has 2 aromatic heterocycles. The van der Waals surface area contributed by atoms with E-state index >= 15 is 0 Å². The summed E-state index contributed by atoms with van der Waals surface area (Å²) in [6.45, 7) is 6.77. The average Bonchev–Trinajstić information content (AvgIpc) is 2.99. The van der Waals surface area contributed by atoms with Gasteiger partial charge in [-0.2, -0.15) is 0 Å². The Labute approximate surface area is 128 Å². The molecular weight excluding hydrogens is 284 g/mol. The van der Waals surface area contributed by atoms with Gasteiger partial charge >= 0.3 is 0 Å². The van der Waals surface area contributed by atoms with E-state index in [1.165, 1.54) is 0 Å². The fourth-order valence-electron chi connectivity index (χ4n) is 1.66. The van der Waals surface area contributed by atoms with Crippen molar-refractivity contribution in [3.8, 4) is 0 Å². The van der Waals surface area contributed by atoms with E-state index in [-0.39, 0.29) is 5.91 Å². The molecule has 2 rings (SSSR count). The molecule has 1 amide bonds. The molecule has 0 aliphatic rings. The van der Waals surface area contributed by atoms with Crippen molar-refractivity contribution in [1.29, 1.82) is 0 Å². The number of hydrogen-bond acceptors (Lipinski definition) is 5. The van der Waals surface area contributed by atoms with Gasteiger partial charge in [-0.1, -0.05) is 13.0 Å². The number of anilines is 1. The molecule has 5 nitrogen and oxygen atoms in total. The van der Waals surface area contributed by atoms with Gasteiger partial charge in [0.25, 0.3) is 5.91 Å². The zero-order valence-electron chi connectivity index (χ0n) is 11.9. The molecule has 2 aromatic rings. The zero-order valence-corrected chi connectivity index (χ0v) is 12.7. The summed E-state index contributed by atoms with van der Waals surface area (Å²) in [5.74, 6) is 0.574. The topological polar surface area (TPSA) is 66.9 Å². The largest absolute Gasteiger partial charge is 0.367 e. The average molecular weight is 302 g/mol. The number of amides is 1. The van der Waals surface area contributed by atoms with E-state index in [1.807, 2.05) is 5.38 Å². The number of rotatable bonds is 7. The van der Waals surface area contributed by atoms with Gasteiger partial charge in [0, 0.05) is 18.1 Å². The third kappa shape index (κ3) is 4.39. The molecule has 21 heavy (non-hydrogen) atoms. The number of thiazole rings is 1. The predicted molar refractivity (Wildman–Crippen MR) is 85.6 cm³/mol. The summed E-state index contributed by atoms with van der Waals surface area (Å²) >= 11 is 1.56. The molecule has 0 aliphatic carbocycles. The minimum atomic E-state index is -0.147. The first-order chi connectivity index (χ1) is 10.2. The summed E-state index contributed by atoms with van der Waals surface area (Å²) in [6.07, 6.45) is 4.22. The number of aromatic nitrogens is 2. The van der Waals surface area contributed by atoms with E-state index in [0.29, 0.717) is 18.7 Å². The van der Waals surface area contributed by atoms with E-state index in [1.54, 1.807) is 35.7 Å². The van der Waals surface area contributed by atoms with Crippen LogP contribution in [-0.2, 0) is 13.0 Å². The Balaban J connectivity index is 1.89. The van der Waals surface area contributed by atoms with Crippen molar-refractivity contribution in [2.75, 3.05) is 11.9 Å². The van der Waals surface area contributed by atoms with Crippen LogP contribution in [0.3, 0.4) is 0 Å². The van der Waals surface area contributed by atoms with Crippen molar-refractivity contribution in [1.82, 2.24) is 15.3 Å². The summed E-state index contributed by atoms with van der Waals surface area (Å²) in [6, 6.07) is 3.52. The van der Waals surface area contributed by atoms with Crippen LogP contribution in [0.2, 0.25) is 0 Å². The smallest absolute Gasteiger partial charge is 0.253 e. The number of carbonyl (C=O) groups excluding carboxylic acids is 1. The number of nitrogens with one attached hydrogen (secondary N) is 2. The highest BCUT2D eigenvalue weighted by Crippen LogP contribution is 2.10. The maximum absolute atomic E-state index is 12.0. The zero-order chi connectivity index (χ0) is 15.1. The highest BCUT2D eigenvalue weighted by molar-refractivity contribution is 7.09. The van der Waals surface area contributed by atoms with Crippen molar-refractivity contribution in [3.63, 3.8) is 0 Å². The van der Waals surface area contributed by atoms with Gasteiger partial charge in [0.05, 0.1) is 17.8 Å². The van der Waals surface area contributed by atoms with Gasteiger partial charge in [0.1, 0.15) is 10.8 Å². The van der Waals surface area contributed by atoms with E-state index in [9.17, 15) is 4.79 Å². The SMILES string of the molecule is C=CCNc1ccc(C(=O)NCc2nc(CC)cs2)cn1. The molecule has 0 aromatic carbocycles. The first kappa shape index (κ1) is 15.2. The molecule has 0 aliphatic heterocycles. The summed E-state index contributed by atoms with van der Waals surface area (Å²) in [5, 5.41) is 8.84. The van der Waals surface area contributed by atoms with Crippen molar-refractivity contribution >= 4 is 23.1 Å². The Bertz CT molecular complexity index is 606. The lowest BCUT2D eigenvalue weighted by Gasteiger charge is -2.05. The second kappa shape index (κ2) is 7.54. The molecule has 0 radical (unpaired) electrons. The maximum atomic E-state index is 12.0. The molecule has 0 saturated carbocycles. The summed E-state index contributed by atoms with van der Waals surface area (Å²) < 4.78 is 0. The van der Waals surface area contributed by atoms with Gasteiger partial charge in [-0.3, -0.25) is 4.79 Å². The van der Waals surface area contributed by atoms with Gasteiger partial charge in [-0.25, -0.2) is 9.97 Å². The van der Waals surface area contributed by atoms with Gasteiger partial charge in [0.2, 0.25) is 0 Å². The lowest BCUT2D eigenvalue weighted by molar-refractivity contribution is 0.0950. The van der Waals surface area contributed by atoms with Gasteiger partial charge in [-0.15, -0.1) is 17.9 Å². The molecule has 0 atom stereocenters. The van der Waals surface area contributed by atoms with Gasteiger partial charge in [-0.05, 0) is 18.6 Å². The molecule has 2 heterocycles. The van der Waals surface area contributed by atoms with E-state index in [0.717, 1.165) is 22.9 Å². The Morgan fingerprint density at radius 3 is 2.95 bits per heavy atom. The molecule has 110 valence electrons. The first-order valence-electron chi connectivity index (χ1n) is 6.75. The van der Waals surface area contributed by atoms with Crippen molar-refractivity contribution in [2.24, 2.45) is 0 Å². The molecule has 6 heteroatoms. The van der Waals surface area contributed by atoms with E-state index < -0.39 is 0 Å². The third-order valence-electron chi connectivity index (χ3n) is 2.81. The normalized spacial score (nSPS) is 10.1. The highest BCUT2D eigenvalue weighted by Gasteiger charge is 2.07. The van der Waals surface area contributed by atoms with Crippen LogP contribution in [-0.4, -0.2) is 22.4 Å². The lowest BCUT2D eigenvalue weighted by atomic mass is 10.2. The van der Waals surface area contributed by atoms with E-state index in [4.69, 9.17) is 0 Å². The number of carbonyl (C=O) groups is 1. The molecule has 0 fully saturated rings. The second-order valence-electron chi connectivity index (χ2n) is 4.37. The van der Waals surface area contributed by atoms with Crippen LogP contribution in [0.15, 0.2) is 36.4 Å². The summed E-state index contributed by atoms with van der Waals surface area (Å²) in [4.78, 5) is 20.6. The quantitative estimate of drug-likeness (QED) is 0.772. The second-order valence-corrected chi connectivity index (χ2v) is 5.31. The minimum absolute atomic E-state index is 0.147. The van der Waals surface area contributed by atoms with E-state index in [2.05, 4.69) is 34.1 Å². The van der Waals surface area contributed by atoms with Crippen LogP contribution in [0, 0.1) is 0 Å². The third-order valence-corrected chi connectivity index (χ3v) is 3.71. The Morgan fingerprint density at radius 2 is 2.33 bits per heavy atom. The molecule has 2 N–H and O–H groups in total. The number of hydrogen-bond donors (Lipinski definition) is 2. The van der Waals surface area contributed by atoms with Crippen molar-refractivity contribution in [2.45, 2.75) is 19.9 Å². The monoisotopic (exact) mass is 302 g/mol. The highest BCUT2D eigenvalue weighted by atomic mass is 32.1. The molecule has 0 saturated heterocycles. The Hall–Kier alpha value is -2.21. The van der Waals surface area contributed by atoms with Crippen LogP contribution in [0.1, 0.15) is 28.0 Å². The Morgan fingerprint density at radius 1 is 1.48 bits per heavy atom. The fraction of sp³-hybridized carbons (Fsp3) is 0.267. The van der Waals surface area contributed by atoms with Crippen molar-refractivity contribution < 1.29 is 4.79 Å². The van der Waals surface area contributed by atoms with Gasteiger partial charge in [0.15, 0.2) is 0 Å². The number of pyridine rings is 1. The summed E-state index contributed by atoms with van der Waals surface area (Å²) in [5.41, 5.74) is 1.59. The van der Waals surface area contributed by atoms with Crippen LogP contribution in [0.5, 0.6) is 0 Å². The number of nitrogens with zero attached hydrogens (tertiary/aromatic N) is 2. The van der Waals surface area contributed by atoms with Gasteiger partial charge < -0.3 is 10.6 Å². The molecule has 0 spiro atoms. The maximum Gasteiger partial charge on any atom is 0.253 e. The standard InChI is InChI=1S/C15H18N4OS/c1-3-7-16-13-6-5-11(8-17-13)15(20)18-9-14-19-12(4-2)10-21-14/h3,5-6,8,10H,1,4,7,9H2,2H3,(H,16,17)(H,18,20). The molecule has 0 unspecified atom stereocenters. The minimum Gasteiger partial charge on any atom is -0.367 e. The van der Waals surface area contributed by atoms with Crippen LogP contribution in [0.25, 0.3) is 0 Å². The van der Waals surface area contributed by atoms with Crippen molar-refractivity contribution in [3.05, 3.63) is 52.6 Å². The summed E-state index contributed by atoms with van der Waals surface area (Å²) in [7, 11) is 0. The number of aryl methyl sites for hydroxylation is 1. The van der Waals surface area contributed by atoms with Crippen LogP contribution >= 0.6 is 11.3 Å². The fourth-order valence-corrected chi connectivity index (χ4v) is 2.48. The van der Waals surface area contributed by atoms with Crippen LogP contribution < -0.4 is 10.6 Å². The first-order valence-corrected chi connectivity index (χ1v) is 7.63. The predicted octanol–water partition coefficient (Wildman–Crippen LogP) is 2.63.